The molecule has 2 rings (SSSR count). The third kappa shape index (κ3) is 9.20. The Morgan fingerprint density at radius 2 is 1.67 bits per heavy atom. The van der Waals surface area contributed by atoms with Gasteiger partial charge in [0.05, 0.1) is 10.8 Å². The summed E-state index contributed by atoms with van der Waals surface area (Å²) in [7, 11) is -4.40. The maximum Gasteiger partial charge on any atom is 0.416 e. The van der Waals surface area contributed by atoms with Crippen molar-refractivity contribution in [2.45, 2.75) is 37.8 Å². The van der Waals surface area contributed by atoms with Crippen LogP contribution in [0.25, 0.3) is 0 Å². The molecule has 0 heterocycles. The Morgan fingerprint density at radius 1 is 1.09 bits per heavy atom. The van der Waals surface area contributed by atoms with Crippen LogP contribution in [0.5, 0.6) is 5.75 Å². The average Bonchev–Trinajstić information content (AvgIpc) is 2.70. The molecule has 11 heteroatoms. The zero-order valence-corrected chi connectivity index (χ0v) is 19.6. The van der Waals surface area contributed by atoms with Crippen LogP contribution < -0.4 is 9.88 Å². The minimum absolute atomic E-state index is 0.0304. The number of nitrogens with two attached hydrogens (primary N) is 1. The van der Waals surface area contributed by atoms with Crippen LogP contribution in [0.1, 0.15) is 36.6 Å². The Balaban J connectivity index is 2.11. The lowest BCUT2D eigenvalue weighted by Gasteiger charge is -2.18. The first-order chi connectivity index (χ1) is 15.2. The van der Waals surface area contributed by atoms with E-state index in [4.69, 9.17) is 14.1 Å². The van der Waals surface area contributed by atoms with Gasteiger partial charge in [0.2, 0.25) is 0 Å². The van der Waals surface area contributed by atoms with Crippen molar-refractivity contribution in [3.8, 4) is 5.75 Å². The molecule has 2 unspecified atom stereocenters. The van der Waals surface area contributed by atoms with E-state index in [0.717, 1.165) is 34.7 Å². The summed E-state index contributed by atoms with van der Waals surface area (Å²) in [4.78, 5) is 12.7. The van der Waals surface area contributed by atoms with E-state index >= 15 is 0 Å². The van der Waals surface area contributed by atoms with Crippen molar-refractivity contribution in [2.75, 3.05) is 6.61 Å². The molecule has 2 aromatic rings. The maximum atomic E-state index is 12.8. The number of hydrogen-bond donors (Lipinski definition) is 1. The van der Waals surface area contributed by atoms with Crippen LogP contribution in [0.2, 0.25) is 0 Å². The SMILES string of the molecule is C=C(C)SC(Cc1ccc(OCC(OS(N)(=O)=O)c2ccc(C(F)(F)F)cc2)cc1)C(C)=O. The summed E-state index contributed by atoms with van der Waals surface area (Å²) in [5, 5.41) is 4.68. The van der Waals surface area contributed by atoms with Gasteiger partial charge in [-0.1, -0.05) is 30.8 Å². The van der Waals surface area contributed by atoms with Gasteiger partial charge in [0.25, 0.3) is 0 Å². The lowest BCUT2D eigenvalue weighted by molar-refractivity contribution is -0.137. The molecule has 0 amide bonds. The highest BCUT2D eigenvalue weighted by molar-refractivity contribution is 8.04. The molecule has 0 spiro atoms. The van der Waals surface area contributed by atoms with Crippen molar-refractivity contribution in [3.05, 3.63) is 76.7 Å². The van der Waals surface area contributed by atoms with E-state index in [1.54, 1.807) is 24.3 Å². The number of halogens is 3. The third-order valence-corrected chi connectivity index (χ3v) is 6.09. The normalized spacial score (nSPS) is 13.9. The van der Waals surface area contributed by atoms with Crippen LogP contribution in [-0.4, -0.2) is 26.1 Å². The lowest BCUT2D eigenvalue weighted by Crippen LogP contribution is -2.23. The highest BCUT2D eigenvalue weighted by Crippen LogP contribution is 2.31. The zero-order chi connectivity index (χ0) is 24.8. The summed E-state index contributed by atoms with van der Waals surface area (Å²) in [6, 6.07) is 10.6. The van der Waals surface area contributed by atoms with Crippen LogP contribution in [0.15, 0.2) is 60.0 Å². The molecular formula is C22H24F3NO5S2. The molecule has 0 bridgehead atoms. The van der Waals surface area contributed by atoms with E-state index in [-0.39, 0.29) is 23.2 Å². The molecule has 2 aromatic carbocycles. The predicted octanol–water partition coefficient (Wildman–Crippen LogP) is 4.81. The summed E-state index contributed by atoms with van der Waals surface area (Å²) in [6.07, 6.45) is -5.29. The third-order valence-electron chi connectivity index (χ3n) is 4.40. The number of alkyl halides is 3. The van der Waals surface area contributed by atoms with Crippen LogP contribution in [0.4, 0.5) is 13.2 Å². The average molecular weight is 504 g/mol. The molecule has 2 atom stereocenters. The lowest BCUT2D eigenvalue weighted by atomic mass is 10.1. The standard InChI is InChI=1S/C22H24F3NO5S2/c1-14(2)32-21(15(3)27)12-16-4-10-19(11-5-16)30-13-20(31-33(26,28)29)17-6-8-18(9-7-17)22(23,24)25/h4-11,20-21H,1,12-13H2,2-3H3,(H2,26,28,29). The van der Waals surface area contributed by atoms with Gasteiger partial charge in [0, 0.05) is 0 Å². The summed E-state index contributed by atoms with van der Waals surface area (Å²) in [5.41, 5.74) is 0.150. The second-order valence-corrected chi connectivity index (χ2v) is 9.96. The largest absolute Gasteiger partial charge is 0.490 e. The molecule has 180 valence electrons. The molecule has 0 aliphatic heterocycles. The highest BCUT2D eigenvalue weighted by atomic mass is 32.2. The Hall–Kier alpha value is -2.34. The number of hydrogen-bond acceptors (Lipinski definition) is 6. The van der Waals surface area contributed by atoms with Gasteiger partial charge in [-0.2, -0.15) is 21.6 Å². The predicted molar refractivity (Wildman–Crippen MR) is 121 cm³/mol. The van der Waals surface area contributed by atoms with Gasteiger partial charge in [-0.15, -0.1) is 11.8 Å². The fourth-order valence-corrected chi connectivity index (χ4v) is 4.27. The monoisotopic (exact) mass is 503 g/mol. The van der Waals surface area contributed by atoms with E-state index in [9.17, 15) is 26.4 Å². The molecular weight excluding hydrogens is 479 g/mol. The van der Waals surface area contributed by atoms with Gasteiger partial charge in [-0.05, 0) is 60.6 Å². The number of carbonyl (C=O) groups is 1. The van der Waals surface area contributed by atoms with E-state index < -0.39 is 28.1 Å². The van der Waals surface area contributed by atoms with Crippen molar-refractivity contribution < 1.29 is 35.3 Å². The summed E-state index contributed by atoms with van der Waals surface area (Å²) >= 11 is 1.40. The van der Waals surface area contributed by atoms with Crippen LogP contribution in [0.3, 0.4) is 0 Å². The minimum Gasteiger partial charge on any atom is -0.490 e. The Labute approximate surface area is 195 Å². The number of allylic oxidation sites excluding steroid dienone is 1. The fraction of sp³-hybridized carbons (Fsp3) is 0.318. The highest BCUT2D eigenvalue weighted by Gasteiger charge is 2.30. The smallest absolute Gasteiger partial charge is 0.416 e. The Morgan fingerprint density at radius 3 is 2.12 bits per heavy atom. The first-order valence-corrected chi connectivity index (χ1v) is 12.0. The molecule has 0 aromatic heterocycles. The first-order valence-electron chi connectivity index (χ1n) is 9.67. The van der Waals surface area contributed by atoms with Crippen LogP contribution in [-0.2, 0) is 31.9 Å². The van der Waals surface area contributed by atoms with Crippen molar-refractivity contribution in [2.24, 2.45) is 5.14 Å². The first kappa shape index (κ1) is 26.9. The van der Waals surface area contributed by atoms with Gasteiger partial charge in [0.1, 0.15) is 24.2 Å². The molecule has 0 saturated heterocycles. The number of carbonyl (C=O) groups excluding carboxylic acids is 1. The van der Waals surface area contributed by atoms with Gasteiger partial charge < -0.3 is 4.74 Å². The summed E-state index contributed by atoms with van der Waals surface area (Å²) in [5.74, 6) is 0.406. The van der Waals surface area contributed by atoms with Gasteiger partial charge in [-0.3, -0.25) is 4.79 Å². The Kier molecular flexibility index (Phi) is 9.12. The van der Waals surface area contributed by atoms with Crippen molar-refractivity contribution in [3.63, 3.8) is 0 Å². The van der Waals surface area contributed by atoms with Crippen LogP contribution in [0, 0.1) is 0 Å². The second-order valence-electron chi connectivity index (χ2n) is 7.28. The topological polar surface area (TPSA) is 95.7 Å². The van der Waals surface area contributed by atoms with Gasteiger partial charge >= 0.3 is 16.5 Å². The molecule has 0 radical (unpaired) electrons. The van der Waals surface area contributed by atoms with Gasteiger partial charge in [0.15, 0.2) is 0 Å². The van der Waals surface area contributed by atoms with Crippen molar-refractivity contribution >= 4 is 27.8 Å². The summed E-state index contributed by atoms with van der Waals surface area (Å²) in [6.45, 7) is 6.84. The molecule has 0 aliphatic carbocycles. The van der Waals surface area contributed by atoms with E-state index in [0.29, 0.717) is 12.2 Å². The van der Waals surface area contributed by atoms with E-state index in [2.05, 4.69) is 6.58 Å². The number of rotatable bonds is 11. The van der Waals surface area contributed by atoms with E-state index in [1.165, 1.54) is 18.7 Å². The number of ether oxygens (including phenoxy) is 1. The molecule has 0 fully saturated rings. The molecule has 33 heavy (non-hydrogen) atoms. The summed E-state index contributed by atoms with van der Waals surface area (Å²) < 4.78 is 71.6. The minimum atomic E-state index is -4.53. The van der Waals surface area contributed by atoms with Crippen molar-refractivity contribution in [1.29, 1.82) is 0 Å². The zero-order valence-electron chi connectivity index (χ0n) is 18.0. The van der Waals surface area contributed by atoms with E-state index in [1.807, 2.05) is 6.92 Å². The van der Waals surface area contributed by atoms with Gasteiger partial charge in [-0.25, -0.2) is 9.32 Å². The fourth-order valence-electron chi connectivity index (χ4n) is 2.85. The number of thioether (sulfide) groups is 1. The maximum absolute atomic E-state index is 12.8. The molecule has 6 nitrogen and oxygen atoms in total. The quantitative estimate of drug-likeness (QED) is 0.473. The number of Topliss-reactive ketones (excluding diaryl/α,β-unsaturated/α-hetero) is 1. The van der Waals surface area contributed by atoms with Crippen LogP contribution >= 0.6 is 11.8 Å². The second kappa shape index (κ2) is 11.2. The number of ketones is 1. The molecule has 0 aliphatic rings. The molecule has 0 saturated carbocycles. The van der Waals surface area contributed by atoms with Crippen molar-refractivity contribution in [1.82, 2.24) is 0 Å². The Bertz CT molecular complexity index is 1070. The molecule has 2 N–H and O–H groups in total. The number of benzene rings is 2.